The Morgan fingerprint density at radius 3 is 2.62 bits per heavy atom. The highest BCUT2D eigenvalue weighted by Crippen LogP contribution is 2.21. The third-order valence-electron chi connectivity index (χ3n) is 4.64. The van der Waals surface area contributed by atoms with Crippen LogP contribution in [-0.4, -0.2) is 52.3 Å². The second kappa shape index (κ2) is 15.5. The van der Waals surface area contributed by atoms with Crippen molar-refractivity contribution in [1.82, 2.24) is 16.0 Å². The molecule has 0 aromatic heterocycles. The summed E-state index contributed by atoms with van der Waals surface area (Å²) < 4.78 is 10.9. The molecule has 8 heteroatoms. The van der Waals surface area contributed by atoms with Gasteiger partial charge in [-0.1, -0.05) is 24.3 Å². The number of rotatable bonds is 11. The van der Waals surface area contributed by atoms with Crippen LogP contribution in [0.15, 0.2) is 47.5 Å². The monoisotopic (exact) mass is 554 g/mol. The standard InChI is InChI=1S/C24H34N4O3.HI/c1-5-26-24(27-12-11-19-7-6-8-20(16-19)23(29)25-3)28-17-21-10-9-18(2)15-22(21)31-14-13-30-4;/h6-10,15-16H,5,11-14,17H2,1-4H3,(H,25,29)(H2,26,27,28);1H. The first-order chi connectivity index (χ1) is 15.1. The van der Waals surface area contributed by atoms with Crippen molar-refractivity contribution in [2.75, 3.05) is 40.5 Å². The predicted molar refractivity (Wildman–Crippen MR) is 140 cm³/mol. The van der Waals surface area contributed by atoms with Crippen LogP contribution in [0.1, 0.15) is 34.0 Å². The number of nitrogens with one attached hydrogen (secondary N) is 3. The molecule has 0 aliphatic carbocycles. The first-order valence-corrected chi connectivity index (χ1v) is 10.6. The summed E-state index contributed by atoms with van der Waals surface area (Å²) in [6.45, 7) is 7.10. The van der Waals surface area contributed by atoms with E-state index in [1.54, 1.807) is 14.2 Å². The highest BCUT2D eigenvalue weighted by Gasteiger charge is 2.06. The molecule has 0 atom stereocenters. The van der Waals surface area contributed by atoms with E-state index in [0.717, 1.165) is 41.4 Å². The smallest absolute Gasteiger partial charge is 0.251 e. The molecule has 7 nitrogen and oxygen atoms in total. The molecule has 1 amide bonds. The van der Waals surface area contributed by atoms with Crippen molar-refractivity contribution < 1.29 is 14.3 Å². The Balaban J connectivity index is 0.00000512. The van der Waals surface area contributed by atoms with Crippen LogP contribution in [-0.2, 0) is 17.7 Å². The van der Waals surface area contributed by atoms with Crippen molar-refractivity contribution in [3.05, 3.63) is 64.7 Å². The van der Waals surface area contributed by atoms with Crippen LogP contribution >= 0.6 is 24.0 Å². The Morgan fingerprint density at radius 2 is 1.91 bits per heavy atom. The van der Waals surface area contributed by atoms with Gasteiger partial charge in [0.15, 0.2) is 5.96 Å². The second-order valence-electron chi connectivity index (χ2n) is 7.10. The lowest BCUT2D eigenvalue weighted by Crippen LogP contribution is -2.38. The van der Waals surface area contributed by atoms with Crippen molar-refractivity contribution in [3.8, 4) is 5.75 Å². The minimum atomic E-state index is -0.0775. The summed E-state index contributed by atoms with van der Waals surface area (Å²) in [5, 5.41) is 9.29. The molecule has 2 aromatic rings. The normalized spacial score (nSPS) is 10.8. The molecular weight excluding hydrogens is 519 g/mol. The third kappa shape index (κ3) is 9.44. The summed E-state index contributed by atoms with van der Waals surface area (Å²) in [5.41, 5.74) is 3.93. The second-order valence-corrected chi connectivity index (χ2v) is 7.10. The van der Waals surface area contributed by atoms with Gasteiger partial charge in [0.05, 0.1) is 13.2 Å². The van der Waals surface area contributed by atoms with Crippen molar-refractivity contribution >= 4 is 35.8 Å². The molecule has 32 heavy (non-hydrogen) atoms. The largest absolute Gasteiger partial charge is 0.491 e. The lowest BCUT2D eigenvalue weighted by Gasteiger charge is -2.14. The first-order valence-electron chi connectivity index (χ1n) is 10.6. The highest BCUT2D eigenvalue weighted by molar-refractivity contribution is 14.0. The summed E-state index contributed by atoms with van der Waals surface area (Å²) in [5.74, 6) is 1.50. The number of carbonyl (C=O) groups is 1. The van der Waals surface area contributed by atoms with Crippen molar-refractivity contribution in [3.63, 3.8) is 0 Å². The number of carbonyl (C=O) groups excluding carboxylic acids is 1. The molecule has 176 valence electrons. The van der Waals surface area contributed by atoms with Gasteiger partial charge in [-0.25, -0.2) is 4.99 Å². The minimum Gasteiger partial charge on any atom is -0.491 e. The topological polar surface area (TPSA) is 84.0 Å². The molecule has 2 aromatic carbocycles. The van der Waals surface area contributed by atoms with Crippen molar-refractivity contribution in [2.24, 2.45) is 4.99 Å². The molecule has 0 radical (unpaired) electrons. The molecule has 0 aliphatic heterocycles. The number of guanidine groups is 1. The third-order valence-corrected chi connectivity index (χ3v) is 4.64. The molecule has 0 spiro atoms. The Kier molecular flexibility index (Phi) is 13.4. The quantitative estimate of drug-likeness (QED) is 0.172. The molecule has 0 fully saturated rings. The summed E-state index contributed by atoms with van der Waals surface area (Å²) in [4.78, 5) is 16.5. The zero-order chi connectivity index (χ0) is 22.5. The maximum Gasteiger partial charge on any atom is 0.251 e. The number of nitrogens with zero attached hydrogens (tertiary/aromatic N) is 1. The maximum atomic E-state index is 11.8. The molecule has 0 bridgehead atoms. The van der Waals surface area contributed by atoms with E-state index in [0.29, 0.717) is 31.9 Å². The van der Waals surface area contributed by atoms with Crippen LogP contribution in [0.4, 0.5) is 0 Å². The Morgan fingerprint density at radius 1 is 1.09 bits per heavy atom. The van der Waals surface area contributed by atoms with Crippen LogP contribution in [0.2, 0.25) is 0 Å². The number of amides is 1. The zero-order valence-electron chi connectivity index (χ0n) is 19.4. The molecule has 0 heterocycles. The van der Waals surface area contributed by atoms with Gasteiger partial charge in [0.1, 0.15) is 12.4 Å². The molecule has 0 saturated heterocycles. The minimum absolute atomic E-state index is 0. The van der Waals surface area contributed by atoms with Gasteiger partial charge >= 0.3 is 0 Å². The number of ether oxygens (including phenoxy) is 2. The highest BCUT2D eigenvalue weighted by atomic mass is 127. The Bertz CT molecular complexity index is 874. The number of benzene rings is 2. The van der Waals surface area contributed by atoms with Crippen LogP contribution in [0.25, 0.3) is 0 Å². The molecule has 2 rings (SSSR count). The predicted octanol–water partition coefficient (Wildman–Crippen LogP) is 3.30. The van der Waals surface area contributed by atoms with Gasteiger partial charge in [-0.15, -0.1) is 24.0 Å². The van der Waals surface area contributed by atoms with Crippen LogP contribution in [0.3, 0.4) is 0 Å². The van der Waals surface area contributed by atoms with E-state index in [9.17, 15) is 4.79 Å². The van der Waals surface area contributed by atoms with Crippen LogP contribution in [0.5, 0.6) is 5.75 Å². The Labute approximate surface area is 208 Å². The van der Waals surface area contributed by atoms with E-state index < -0.39 is 0 Å². The summed E-state index contributed by atoms with van der Waals surface area (Å²) >= 11 is 0. The summed E-state index contributed by atoms with van der Waals surface area (Å²) in [6.07, 6.45) is 0.783. The zero-order valence-corrected chi connectivity index (χ0v) is 21.7. The fraction of sp³-hybridized carbons (Fsp3) is 0.417. The lowest BCUT2D eigenvalue weighted by molar-refractivity contribution is 0.0963. The van der Waals surface area contributed by atoms with E-state index in [1.807, 2.05) is 44.2 Å². The van der Waals surface area contributed by atoms with Crippen molar-refractivity contribution in [2.45, 2.75) is 26.8 Å². The number of aryl methyl sites for hydroxylation is 1. The van der Waals surface area contributed by atoms with E-state index in [1.165, 1.54) is 0 Å². The van der Waals surface area contributed by atoms with E-state index in [4.69, 9.17) is 14.5 Å². The fourth-order valence-electron chi connectivity index (χ4n) is 3.01. The number of hydrogen-bond acceptors (Lipinski definition) is 4. The number of hydrogen-bond donors (Lipinski definition) is 3. The summed E-state index contributed by atoms with van der Waals surface area (Å²) in [7, 11) is 3.30. The van der Waals surface area contributed by atoms with Gasteiger partial charge in [0.25, 0.3) is 5.91 Å². The van der Waals surface area contributed by atoms with Crippen molar-refractivity contribution in [1.29, 1.82) is 0 Å². The average Bonchev–Trinajstić information content (AvgIpc) is 2.78. The van der Waals surface area contributed by atoms with Crippen LogP contribution in [0, 0.1) is 6.92 Å². The van der Waals surface area contributed by atoms with Gasteiger partial charge < -0.3 is 25.4 Å². The summed E-state index contributed by atoms with van der Waals surface area (Å²) in [6, 6.07) is 13.8. The number of aliphatic imine (C=N–C) groups is 1. The molecular formula is C24H35IN4O3. The molecule has 0 aliphatic rings. The molecule has 0 unspecified atom stereocenters. The average molecular weight is 554 g/mol. The van der Waals surface area contributed by atoms with Gasteiger partial charge in [0.2, 0.25) is 0 Å². The first kappa shape index (κ1) is 27.7. The maximum absolute atomic E-state index is 11.8. The van der Waals surface area contributed by atoms with E-state index in [2.05, 4.69) is 28.1 Å². The molecule has 3 N–H and O–H groups in total. The Hall–Kier alpha value is -2.33. The van der Waals surface area contributed by atoms with Gasteiger partial charge in [-0.3, -0.25) is 4.79 Å². The van der Waals surface area contributed by atoms with Gasteiger partial charge in [-0.05, 0) is 49.6 Å². The van der Waals surface area contributed by atoms with Gasteiger partial charge in [-0.2, -0.15) is 0 Å². The van der Waals surface area contributed by atoms with Crippen LogP contribution < -0.4 is 20.7 Å². The van der Waals surface area contributed by atoms with E-state index >= 15 is 0 Å². The fourth-order valence-corrected chi connectivity index (χ4v) is 3.01. The molecule has 0 saturated carbocycles. The lowest BCUT2D eigenvalue weighted by atomic mass is 10.1. The van der Waals surface area contributed by atoms with E-state index in [-0.39, 0.29) is 29.9 Å². The number of methoxy groups -OCH3 is 1. The van der Waals surface area contributed by atoms with Gasteiger partial charge in [0, 0.05) is 38.4 Å². The number of halogens is 1. The SMILES string of the molecule is CCNC(=NCc1ccc(C)cc1OCCOC)NCCc1cccc(C(=O)NC)c1.I.